The number of rotatable bonds is 18. The normalized spacial score (nSPS) is 13.4. The van der Waals surface area contributed by atoms with Crippen molar-refractivity contribution in [2.24, 2.45) is 5.92 Å². The summed E-state index contributed by atoms with van der Waals surface area (Å²) in [5.74, 6) is -11.2. The number of unbranched alkanes of at least 4 members (excludes halogenated alkanes) is 5. The van der Waals surface area contributed by atoms with Crippen LogP contribution in [0.5, 0.6) is 0 Å². The Balaban J connectivity index is 3.19. The van der Waals surface area contributed by atoms with Gasteiger partial charge in [-0.2, -0.15) is 0 Å². The lowest BCUT2D eigenvalue weighted by atomic mass is 9.90. The summed E-state index contributed by atoms with van der Waals surface area (Å²) in [6.45, 7) is 13.4. The maximum absolute atomic E-state index is 14.2. The number of hydrogen-bond acceptors (Lipinski definition) is 3. The van der Waals surface area contributed by atoms with E-state index < -0.39 is 40.6 Å². The Morgan fingerprint density at radius 2 is 0.944 bits per heavy atom. The third kappa shape index (κ3) is 9.90. The summed E-state index contributed by atoms with van der Waals surface area (Å²) in [6, 6.07) is 0. The molecular weight excluding hydrogens is 479 g/mol. The quantitative estimate of drug-likeness (QED) is 0.0630. The zero-order valence-corrected chi connectivity index (χ0v) is 23.0. The van der Waals surface area contributed by atoms with E-state index in [0.29, 0.717) is 12.8 Å². The zero-order valence-electron chi connectivity index (χ0n) is 23.0. The van der Waals surface area contributed by atoms with Crippen molar-refractivity contribution in [1.29, 1.82) is 0 Å². The number of halogens is 5. The van der Waals surface area contributed by atoms with Gasteiger partial charge in [-0.05, 0) is 67.2 Å². The molecule has 0 spiro atoms. The first-order valence-electron chi connectivity index (χ1n) is 13.4. The molecule has 0 saturated carbocycles. The van der Waals surface area contributed by atoms with Crippen molar-refractivity contribution in [3.05, 3.63) is 34.6 Å². The molecule has 3 nitrogen and oxygen atoms in total. The van der Waals surface area contributed by atoms with Gasteiger partial charge in [0, 0.05) is 11.5 Å². The van der Waals surface area contributed by atoms with Crippen LogP contribution in [0.25, 0.3) is 0 Å². The molecule has 36 heavy (non-hydrogen) atoms. The van der Waals surface area contributed by atoms with Crippen LogP contribution in [0, 0.1) is 35.0 Å². The lowest BCUT2D eigenvalue weighted by molar-refractivity contribution is -0.433. The van der Waals surface area contributed by atoms with Gasteiger partial charge in [0.25, 0.3) is 5.97 Å². The third-order valence-electron chi connectivity index (χ3n) is 5.89. The molecule has 0 heterocycles. The molecule has 1 atom stereocenters. The van der Waals surface area contributed by atoms with Crippen molar-refractivity contribution in [2.75, 3.05) is 0 Å². The van der Waals surface area contributed by atoms with Gasteiger partial charge >= 0.3 is 0 Å². The molecule has 0 aromatic heterocycles. The van der Waals surface area contributed by atoms with Crippen LogP contribution in [-0.4, -0.2) is 24.3 Å². The highest BCUT2D eigenvalue weighted by Crippen LogP contribution is 2.37. The molecule has 0 bridgehead atoms. The molecule has 210 valence electrons. The van der Waals surface area contributed by atoms with Crippen LogP contribution >= 0.6 is 0 Å². The van der Waals surface area contributed by atoms with Crippen LogP contribution < -0.4 is 0 Å². The molecule has 0 saturated heterocycles. The molecule has 0 aliphatic carbocycles. The first kappa shape index (κ1) is 32.8. The predicted molar refractivity (Wildman–Crippen MR) is 132 cm³/mol. The molecule has 0 radical (unpaired) electrons. The SMILES string of the molecule is CCCCCCCCC(CCCc1c(F)c(F)c(F)c(F)c1F)C(OC(C)C)(OC(C)C)OC(C)C. The minimum absolute atomic E-state index is 0.172. The van der Waals surface area contributed by atoms with Crippen molar-refractivity contribution in [3.63, 3.8) is 0 Å². The summed E-state index contributed by atoms with van der Waals surface area (Å²) in [5, 5.41) is 0. The van der Waals surface area contributed by atoms with Crippen LogP contribution in [0.2, 0.25) is 0 Å². The molecule has 0 aliphatic rings. The Morgan fingerprint density at radius 1 is 0.556 bits per heavy atom. The van der Waals surface area contributed by atoms with Crippen molar-refractivity contribution in [3.8, 4) is 0 Å². The Kier molecular flexibility index (Phi) is 14.5. The van der Waals surface area contributed by atoms with Gasteiger partial charge < -0.3 is 14.2 Å². The van der Waals surface area contributed by atoms with Gasteiger partial charge in [0.1, 0.15) is 0 Å². The van der Waals surface area contributed by atoms with Gasteiger partial charge in [-0.1, -0.05) is 45.4 Å². The topological polar surface area (TPSA) is 27.7 Å². The number of hydrogen-bond donors (Lipinski definition) is 0. The Labute approximate surface area is 214 Å². The summed E-state index contributed by atoms with van der Waals surface area (Å²) in [4.78, 5) is 0. The lowest BCUT2D eigenvalue weighted by Crippen LogP contribution is -2.51. The predicted octanol–water partition coefficient (Wildman–Crippen LogP) is 9.00. The van der Waals surface area contributed by atoms with Gasteiger partial charge in [-0.15, -0.1) is 0 Å². The molecule has 0 fully saturated rings. The molecule has 0 N–H and O–H groups in total. The average molecular weight is 525 g/mol. The first-order valence-corrected chi connectivity index (χ1v) is 13.4. The Bertz CT molecular complexity index is 727. The van der Waals surface area contributed by atoms with E-state index >= 15 is 0 Å². The standard InChI is InChI=1S/C28H45F5O3/c1-8-9-10-11-12-13-15-21(28(34-18(2)3,35-19(4)5)36-20(6)7)16-14-17-22-23(29)25(31)27(33)26(32)24(22)30/h18-21H,8-17H2,1-7H3. The van der Waals surface area contributed by atoms with Crippen molar-refractivity contribution >= 4 is 0 Å². The van der Waals surface area contributed by atoms with Crippen LogP contribution in [0.15, 0.2) is 0 Å². The first-order chi connectivity index (χ1) is 16.9. The number of ether oxygens (including phenoxy) is 3. The summed E-state index contributed by atoms with van der Waals surface area (Å²) in [7, 11) is 0. The maximum Gasteiger partial charge on any atom is 0.286 e. The summed E-state index contributed by atoms with van der Waals surface area (Å²) >= 11 is 0. The number of benzene rings is 1. The average Bonchev–Trinajstić information content (AvgIpc) is 2.77. The highest BCUT2D eigenvalue weighted by Gasteiger charge is 2.44. The second-order valence-electron chi connectivity index (χ2n) is 10.3. The van der Waals surface area contributed by atoms with Gasteiger partial charge in [-0.3, -0.25) is 0 Å². The summed E-state index contributed by atoms with van der Waals surface area (Å²) < 4.78 is 88.0. The van der Waals surface area contributed by atoms with E-state index in [2.05, 4.69) is 6.92 Å². The zero-order chi connectivity index (χ0) is 27.5. The van der Waals surface area contributed by atoms with E-state index in [-0.39, 0.29) is 37.1 Å². The Hall–Kier alpha value is -1.25. The fourth-order valence-electron chi connectivity index (χ4n) is 4.42. The van der Waals surface area contributed by atoms with Crippen molar-refractivity contribution in [1.82, 2.24) is 0 Å². The van der Waals surface area contributed by atoms with E-state index in [1.54, 1.807) is 0 Å². The minimum Gasteiger partial charge on any atom is -0.324 e. The molecule has 0 aliphatic heterocycles. The Morgan fingerprint density at radius 3 is 1.39 bits per heavy atom. The fraction of sp³-hybridized carbons (Fsp3) is 0.786. The van der Waals surface area contributed by atoms with Gasteiger partial charge in [-0.25, -0.2) is 22.0 Å². The monoisotopic (exact) mass is 524 g/mol. The smallest absolute Gasteiger partial charge is 0.286 e. The maximum atomic E-state index is 14.2. The third-order valence-corrected chi connectivity index (χ3v) is 5.89. The largest absolute Gasteiger partial charge is 0.324 e. The molecule has 1 rings (SSSR count). The van der Waals surface area contributed by atoms with E-state index in [1.807, 2.05) is 41.5 Å². The highest BCUT2D eigenvalue weighted by molar-refractivity contribution is 5.24. The molecule has 1 aromatic rings. The van der Waals surface area contributed by atoms with E-state index in [9.17, 15) is 22.0 Å². The van der Waals surface area contributed by atoms with Gasteiger partial charge in [0.05, 0.1) is 18.3 Å². The second kappa shape index (κ2) is 15.9. The molecule has 8 heteroatoms. The molecular formula is C28H45F5O3. The van der Waals surface area contributed by atoms with E-state index in [1.165, 1.54) is 6.42 Å². The van der Waals surface area contributed by atoms with E-state index in [4.69, 9.17) is 14.2 Å². The van der Waals surface area contributed by atoms with Gasteiger partial charge in [0.2, 0.25) is 5.82 Å². The van der Waals surface area contributed by atoms with Crippen LogP contribution in [0.1, 0.15) is 112 Å². The minimum atomic E-state index is -2.14. The lowest BCUT2D eigenvalue weighted by Gasteiger charge is -2.43. The summed E-state index contributed by atoms with van der Waals surface area (Å²) in [5.41, 5.74) is -0.797. The fourth-order valence-corrected chi connectivity index (χ4v) is 4.42. The van der Waals surface area contributed by atoms with Crippen molar-refractivity contribution in [2.45, 2.75) is 137 Å². The van der Waals surface area contributed by atoms with E-state index in [0.717, 1.165) is 32.1 Å². The van der Waals surface area contributed by atoms with Crippen LogP contribution in [0.4, 0.5) is 22.0 Å². The van der Waals surface area contributed by atoms with Crippen LogP contribution in [0.3, 0.4) is 0 Å². The van der Waals surface area contributed by atoms with Crippen LogP contribution in [-0.2, 0) is 20.6 Å². The molecule has 1 aromatic carbocycles. The second-order valence-corrected chi connectivity index (χ2v) is 10.3. The summed E-state index contributed by atoms with van der Waals surface area (Å²) in [6.07, 6.45) is 6.67. The molecule has 1 unspecified atom stereocenters. The van der Waals surface area contributed by atoms with Crippen molar-refractivity contribution < 1.29 is 36.2 Å². The van der Waals surface area contributed by atoms with Gasteiger partial charge in [0.15, 0.2) is 23.3 Å². The highest BCUT2D eigenvalue weighted by atomic mass is 19.2. The molecule has 0 amide bonds.